The van der Waals surface area contributed by atoms with Gasteiger partial charge in [0.15, 0.2) is 0 Å². The number of benzene rings is 2. The number of anilines is 2. The fourth-order valence-electron chi connectivity index (χ4n) is 3.62. The maximum Gasteiger partial charge on any atom is 0.259 e. The highest BCUT2D eigenvalue weighted by molar-refractivity contribution is 6.31. The largest absolute Gasteiger partial charge is 0.494 e. The molecule has 0 atom stereocenters. The minimum atomic E-state index is -0.415. The highest BCUT2D eigenvalue weighted by Crippen LogP contribution is 2.30. The normalized spacial score (nSPS) is 10.8. The summed E-state index contributed by atoms with van der Waals surface area (Å²) in [6, 6.07) is 17.4. The van der Waals surface area contributed by atoms with Crippen LogP contribution in [0, 0.1) is 6.92 Å². The Morgan fingerprint density at radius 1 is 1.09 bits per heavy atom. The van der Waals surface area contributed by atoms with Crippen LogP contribution in [0.5, 0.6) is 5.75 Å². The van der Waals surface area contributed by atoms with Gasteiger partial charge in [-0.2, -0.15) is 0 Å². The number of ether oxygens (including phenoxy) is 1. The summed E-state index contributed by atoms with van der Waals surface area (Å²) in [5.41, 5.74) is 9.41. The molecule has 0 saturated heterocycles. The second-order valence-electron chi connectivity index (χ2n) is 7.29. The van der Waals surface area contributed by atoms with Crippen molar-refractivity contribution in [2.45, 2.75) is 13.8 Å². The molecule has 162 valence electrons. The molecule has 1 amide bonds. The number of nitrogen functional groups attached to an aromatic ring is 1. The van der Waals surface area contributed by atoms with Gasteiger partial charge in [0.2, 0.25) is 5.78 Å². The van der Waals surface area contributed by atoms with Gasteiger partial charge in [-0.05, 0) is 67.9 Å². The lowest BCUT2D eigenvalue weighted by Crippen LogP contribution is -2.15. The Bertz CT molecular complexity index is 1330. The van der Waals surface area contributed by atoms with Crippen LogP contribution in [0.1, 0.15) is 38.9 Å². The first-order chi connectivity index (χ1) is 15.4. The molecule has 2 aromatic heterocycles. The summed E-state index contributed by atoms with van der Waals surface area (Å²) in [5.74, 6) is -0.0268. The number of carbonyl (C=O) groups is 2. The molecule has 0 fully saturated rings. The fraction of sp³-hybridized carbons (Fsp3) is 0.120. The minimum Gasteiger partial charge on any atom is -0.494 e. The number of carbonyl (C=O) groups excluding carboxylic acids is 2. The van der Waals surface area contributed by atoms with Crippen LogP contribution < -0.4 is 15.8 Å². The number of rotatable bonds is 6. The number of amides is 1. The summed E-state index contributed by atoms with van der Waals surface area (Å²) >= 11 is 6.08. The third-order valence-corrected chi connectivity index (χ3v) is 5.43. The molecule has 6 nitrogen and oxygen atoms in total. The average Bonchev–Trinajstić information content (AvgIpc) is 3.08. The topological polar surface area (TPSA) is 85.8 Å². The van der Waals surface area contributed by atoms with Crippen molar-refractivity contribution in [3.8, 4) is 5.75 Å². The molecule has 32 heavy (non-hydrogen) atoms. The van der Waals surface area contributed by atoms with Crippen LogP contribution in [0.3, 0.4) is 0 Å². The van der Waals surface area contributed by atoms with Gasteiger partial charge in [0.25, 0.3) is 5.91 Å². The molecule has 0 saturated carbocycles. The first kappa shape index (κ1) is 21.5. The molecule has 7 heteroatoms. The van der Waals surface area contributed by atoms with E-state index >= 15 is 0 Å². The van der Waals surface area contributed by atoms with E-state index in [4.69, 9.17) is 22.1 Å². The summed E-state index contributed by atoms with van der Waals surface area (Å²) in [6.07, 6.45) is 1.72. The maximum absolute atomic E-state index is 13.4. The van der Waals surface area contributed by atoms with Crippen LogP contribution in [0.2, 0.25) is 5.02 Å². The van der Waals surface area contributed by atoms with E-state index in [2.05, 4.69) is 5.32 Å². The Labute approximate surface area is 190 Å². The first-order valence-corrected chi connectivity index (χ1v) is 10.5. The Morgan fingerprint density at radius 3 is 2.56 bits per heavy atom. The van der Waals surface area contributed by atoms with Crippen molar-refractivity contribution in [2.24, 2.45) is 0 Å². The zero-order valence-corrected chi connectivity index (χ0v) is 18.4. The number of nitrogens with one attached hydrogen (secondary N) is 1. The molecule has 0 aliphatic heterocycles. The number of hydrogen-bond acceptors (Lipinski definition) is 4. The molecule has 0 aliphatic rings. The molecular formula is C25H22ClN3O3. The standard InChI is InChI=1S/C25H22ClN3O3/c1-3-32-18-11-8-16(9-12-18)24(30)23-22(27)21(20-6-4-5-13-29(20)23)25(31)28-19-14-17(26)10-7-15(19)2/h4-14H,3,27H2,1-2H3,(H,28,31). The number of ketones is 1. The number of fused-ring (bicyclic) bond motifs is 1. The molecule has 4 rings (SSSR count). The van der Waals surface area contributed by atoms with Gasteiger partial charge in [-0.3, -0.25) is 9.59 Å². The van der Waals surface area contributed by atoms with E-state index < -0.39 is 5.91 Å². The lowest BCUT2D eigenvalue weighted by molar-refractivity contribution is 0.102. The van der Waals surface area contributed by atoms with E-state index in [1.54, 1.807) is 65.2 Å². The van der Waals surface area contributed by atoms with Crippen LogP contribution in [0.15, 0.2) is 66.9 Å². The second-order valence-corrected chi connectivity index (χ2v) is 7.73. The molecule has 0 radical (unpaired) electrons. The van der Waals surface area contributed by atoms with Crippen LogP contribution in [-0.4, -0.2) is 22.7 Å². The monoisotopic (exact) mass is 447 g/mol. The van der Waals surface area contributed by atoms with E-state index in [-0.39, 0.29) is 22.7 Å². The lowest BCUT2D eigenvalue weighted by atomic mass is 10.1. The van der Waals surface area contributed by atoms with E-state index in [0.29, 0.717) is 34.1 Å². The predicted molar refractivity (Wildman–Crippen MR) is 127 cm³/mol. The van der Waals surface area contributed by atoms with Gasteiger partial charge in [-0.25, -0.2) is 0 Å². The first-order valence-electron chi connectivity index (χ1n) is 10.1. The zero-order chi connectivity index (χ0) is 22.8. The van der Waals surface area contributed by atoms with Gasteiger partial charge >= 0.3 is 0 Å². The number of aromatic nitrogens is 1. The number of nitrogens with two attached hydrogens (primary N) is 1. The van der Waals surface area contributed by atoms with Crippen molar-refractivity contribution in [3.63, 3.8) is 0 Å². The van der Waals surface area contributed by atoms with Crippen molar-refractivity contribution in [1.29, 1.82) is 0 Å². The highest BCUT2D eigenvalue weighted by Gasteiger charge is 2.26. The maximum atomic E-state index is 13.4. The minimum absolute atomic E-state index is 0.118. The van der Waals surface area contributed by atoms with E-state index in [1.165, 1.54) is 0 Å². The zero-order valence-electron chi connectivity index (χ0n) is 17.7. The average molecular weight is 448 g/mol. The molecule has 0 bridgehead atoms. The van der Waals surface area contributed by atoms with E-state index in [1.807, 2.05) is 19.9 Å². The quantitative estimate of drug-likeness (QED) is 0.389. The molecule has 2 aromatic carbocycles. The number of hydrogen-bond donors (Lipinski definition) is 2. The second kappa shape index (κ2) is 8.77. The van der Waals surface area contributed by atoms with Crippen LogP contribution in [0.4, 0.5) is 11.4 Å². The fourth-order valence-corrected chi connectivity index (χ4v) is 3.79. The lowest BCUT2D eigenvalue weighted by Gasteiger charge is -2.09. The summed E-state index contributed by atoms with van der Waals surface area (Å²) in [6.45, 7) is 4.30. The smallest absolute Gasteiger partial charge is 0.259 e. The molecule has 3 N–H and O–H groups in total. The number of nitrogens with zero attached hydrogens (tertiary/aromatic N) is 1. The van der Waals surface area contributed by atoms with Crippen molar-refractivity contribution < 1.29 is 14.3 Å². The Hall–Kier alpha value is -3.77. The Kier molecular flexibility index (Phi) is 5.88. The van der Waals surface area contributed by atoms with Gasteiger partial charge in [-0.1, -0.05) is 23.7 Å². The number of pyridine rings is 1. The molecular weight excluding hydrogens is 426 g/mol. The Balaban J connectivity index is 1.77. The third-order valence-electron chi connectivity index (χ3n) is 5.20. The van der Waals surface area contributed by atoms with Gasteiger partial charge in [0.1, 0.15) is 11.4 Å². The van der Waals surface area contributed by atoms with E-state index in [9.17, 15) is 9.59 Å². The van der Waals surface area contributed by atoms with Crippen molar-refractivity contribution in [2.75, 3.05) is 17.7 Å². The predicted octanol–water partition coefficient (Wildman–Crippen LogP) is 5.37. The summed E-state index contributed by atoms with van der Waals surface area (Å²) in [5, 5.41) is 3.38. The van der Waals surface area contributed by atoms with Crippen LogP contribution in [-0.2, 0) is 0 Å². The molecule has 0 unspecified atom stereocenters. The SMILES string of the molecule is CCOc1ccc(C(=O)c2c(N)c(C(=O)Nc3cc(Cl)ccc3C)c3ccccn23)cc1. The van der Waals surface area contributed by atoms with Crippen LogP contribution in [0.25, 0.3) is 5.52 Å². The van der Waals surface area contributed by atoms with Gasteiger partial charge in [0, 0.05) is 22.5 Å². The highest BCUT2D eigenvalue weighted by atomic mass is 35.5. The number of halogens is 1. The van der Waals surface area contributed by atoms with Gasteiger partial charge < -0.3 is 20.2 Å². The van der Waals surface area contributed by atoms with Gasteiger partial charge in [-0.15, -0.1) is 0 Å². The summed E-state index contributed by atoms with van der Waals surface area (Å²) < 4.78 is 7.09. The third kappa shape index (κ3) is 3.92. The summed E-state index contributed by atoms with van der Waals surface area (Å²) in [7, 11) is 0. The van der Waals surface area contributed by atoms with Crippen LogP contribution >= 0.6 is 11.6 Å². The molecule has 0 aliphatic carbocycles. The Morgan fingerprint density at radius 2 is 1.84 bits per heavy atom. The molecule has 0 spiro atoms. The summed E-state index contributed by atoms with van der Waals surface area (Å²) in [4.78, 5) is 26.6. The van der Waals surface area contributed by atoms with Crippen molar-refractivity contribution in [1.82, 2.24) is 4.40 Å². The van der Waals surface area contributed by atoms with Gasteiger partial charge in [0.05, 0.1) is 23.4 Å². The molecule has 2 heterocycles. The number of aryl methyl sites for hydroxylation is 1. The van der Waals surface area contributed by atoms with Crippen molar-refractivity contribution >= 4 is 40.2 Å². The molecule has 4 aromatic rings. The van der Waals surface area contributed by atoms with E-state index in [0.717, 1.165) is 5.56 Å². The van der Waals surface area contributed by atoms with Crippen molar-refractivity contribution in [3.05, 3.63) is 94.3 Å².